The quantitative estimate of drug-likeness (QED) is 0.167. The second-order valence-corrected chi connectivity index (χ2v) is 11.5. The average molecular weight is 629 g/mol. The van der Waals surface area contributed by atoms with Gasteiger partial charge in [0, 0.05) is 35.2 Å². The van der Waals surface area contributed by atoms with Gasteiger partial charge in [0.05, 0.1) is 21.7 Å². The molecule has 1 aliphatic carbocycles. The molecule has 4 aromatic carbocycles. The van der Waals surface area contributed by atoms with Crippen molar-refractivity contribution in [1.82, 2.24) is 14.9 Å². The Bertz CT molecular complexity index is 1750. The number of rotatable bonds is 8. The maximum absolute atomic E-state index is 12.8. The van der Waals surface area contributed by atoms with E-state index in [2.05, 4.69) is 44.0 Å². The lowest BCUT2D eigenvalue weighted by atomic mass is 10.1. The normalized spacial score (nSPS) is 15.9. The van der Waals surface area contributed by atoms with Crippen molar-refractivity contribution in [3.63, 3.8) is 0 Å². The van der Waals surface area contributed by atoms with Crippen molar-refractivity contribution in [1.29, 1.82) is 0 Å². The fourth-order valence-corrected chi connectivity index (χ4v) is 5.39. The molecule has 0 saturated heterocycles. The van der Waals surface area contributed by atoms with Crippen LogP contribution in [0.25, 0.3) is 11.0 Å². The van der Waals surface area contributed by atoms with Gasteiger partial charge in [-0.15, -0.1) is 0 Å². The lowest BCUT2D eigenvalue weighted by molar-refractivity contribution is -0.122. The minimum Gasteiger partial charge on any atom is -0.352 e. The van der Waals surface area contributed by atoms with Gasteiger partial charge in [0.1, 0.15) is 0 Å². The number of amides is 2. The Hall–Kier alpha value is -4.14. The molecule has 0 spiro atoms. The van der Waals surface area contributed by atoms with Crippen LogP contribution in [0.5, 0.6) is 0 Å². The van der Waals surface area contributed by atoms with Gasteiger partial charge in [-0.1, -0.05) is 63.9 Å². The zero-order chi connectivity index (χ0) is 28.5. The Kier molecular flexibility index (Phi) is 7.51. The molecule has 1 heterocycles. The summed E-state index contributed by atoms with van der Waals surface area (Å²) in [7, 11) is 1.90. The monoisotopic (exact) mass is 627 g/mol. The largest absolute Gasteiger partial charge is 0.352 e. The molecule has 1 saturated carbocycles. The van der Waals surface area contributed by atoms with E-state index in [1.54, 1.807) is 12.1 Å². The Morgan fingerprint density at radius 1 is 1.00 bits per heavy atom. The summed E-state index contributed by atoms with van der Waals surface area (Å²) in [6, 6.07) is 28.6. The van der Waals surface area contributed by atoms with Gasteiger partial charge in [-0.3, -0.25) is 9.59 Å². The van der Waals surface area contributed by atoms with Crippen LogP contribution in [0.4, 0.5) is 17.3 Å². The van der Waals surface area contributed by atoms with Crippen LogP contribution < -0.4 is 16.0 Å². The fraction of sp³-hybridized carbons (Fsp3) is 0.156. The van der Waals surface area contributed by atoms with E-state index < -0.39 is 0 Å². The molecule has 2 atom stereocenters. The Morgan fingerprint density at radius 3 is 2.56 bits per heavy atom. The number of nitrogens with one attached hydrogen (secondary N) is 3. The van der Waals surface area contributed by atoms with Crippen molar-refractivity contribution in [2.75, 3.05) is 10.6 Å². The number of benzene rings is 4. The van der Waals surface area contributed by atoms with Crippen molar-refractivity contribution < 1.29 is 9.59 Å². The molecule has 6 rings (SSSR count). The van der Waals surface area contributed by atoms with Gasteiger partial charge in [0.15, 0.2) is 0 Å². The number of anilines is 3. The zero-order valence-electron chi connectivity index (χ0n) is 22.2. The number of fused-ring (bicyclic) bond motifs is 1. The highest BCUT2D eigenvalue weighted by molar-refractivity contribution is 9.10. The maximum Gasteiger partial charge on any atom is 0.255 e. The first kappa shape index (κ1) is 27.1. The summed E-state index contributed by atoms with van der Waals surface area (Å²) < 4.78 is 2.85. The van der Waals surface area contributed by atoms with E-state index in [9.17, 15) is 9.59 Å². The van der Waals surface area contributed by atoms with Gasteiger partial charge in [-0.25, -0.2) is 4.98 Å². The second-order valence-electron chi connectivity index (χ2n) is 10.2. The SMILES string of the molecule is Cn1c(Nc2cc(CNC(=O)[C@@H]3C[C@H]3c3ccccc3)ccc2Cl)nc2cc(C(=O)Nc3ccc(Br)cc3)ccc21. The van der Waals surface area contributed by atoms with E-state index >= 15 is 0 Å². The number of carbonyl (C=O) groups is 2. The number of hydrogen-bond donors (Lipinski definition) is 3. The van der Waals surface area contributed by atoms with Gasteiger partial charge in [0.25, 0.3) is 5.91 Å². The summed E-state index contributed by atoms with van der Waals surface area (Å²) >= 11 is 9.92. The van der Waals surface area contributed by atoms with E-state index in [0.717, 1.165) is 22.0 Å². The molecular formula is C32H27BrClN5O2. The molecule has 1 aliphatic rings. The highest BCUT2D eigenvalue weighted by Gasteiger charge is 2.43. The molecule has 0 unspecified atom stereocenters. The summed E-state index contributed by atoms with van der Waals surface area (Å²) in [5.74, 6) is 0.747. The number of nitrogens with zero attached hydrogens (tertiary/aromatic N) is 2. The Labute approximate surface area is 251 Å². The van der Waals surface area contributed by atoms with Crippen molar-refractivity contribution >= 4 is 67.7 Å². The molecule has 206 valence electrons. The molecule has 5 aromatic rings. The Balaban J connectivity index is 1.13. The van der Waals surface area contributed by atoms with Crippen LogP contribution in [0, 0.1) is 5.92 Å². The summed E-state index contributed by atoms with van der Waals surface area (Å²) in [6.45, 7) is 0.405. The van der Waals surface area contributed by atoms with Gasteiger partial charge >= 0.3 is 0 Å². The predicted octanol–water partition coefficient (Wildman–Crippen LogP) is 7.41. The van der Waals surface area contributed by atoms with Gasteiger partial charge < -0.3 is 20.5 Å². The van der Waals surface area contributed by atoms with Gasteiger partial charge in [0.2, 0.25) is 11.9 Å². The van der Waals surface area contributed by atoms with Crippen LogP contribution in [-0.2, 0) is 18.4 Å². The third-order valence-corrected chi connectivity index (χ3v) is 8.20. The number of aryl methyl sites for hydroxylation is 1. The molecule has 2 amide bonds. The van der Waals surface area contributed by atoms with E-state index in [4.69, 9.17) is 16.6 Å². The minimum absolute atomic E-state index is 0.0177. The summed E-state index contributed by atoms with van der Waals surface area (Å²) in [6.07, 6.45) is 0.879. The van der Waals surface area contributed by atoms with Gasteiger partial charge in [-0.05, 0) is 78.1 Å². The molecule has 3 N–H and O–H groups in total. The van der Waals surface area contributed by atoms with Crippen molar-refractivity contribution in [3.8, 4) is 0 Å². The topological polar surface area (TPSA) is 88.1 Å². The number of hydrogen-bond acceptors (Lipinski definition) is 4. The third kappa shape index (κ3) is 5.99. The van der Waals surface area contributed by atoms with Crippen LogP contribution in [0.3, 0.4) is 0 Å². The minimum atomic E-state index is -0.214. The number of imidazole rings is 1. The van der Waals surface area contributed by atoms with Crippen LogP contribution in [0.15, 0.2) is 95.5 Å². The first-order valence-corrected chi connectivity index (χ1v) is 14.4. The standard InChI is InChI=1S/C32H27BrClN5O2/c1-39-29-14-8-21(30(40)36-23-11-9-22(33)10-12-23)16-28(29)38-32(39)37-27-15-19(7-13-26(27)34)18-35-31(41)25-17-24(25)20-5-3-2-4-6-20/h2-16,24-25H,17-18H2,1H3,(H,35,41)(H,36,40)(H,37,38)/t24-,25+/m0/s1. The molecule has 1 aromatic heterocycles. The molecule has 0 aliphatic heterocycles. The first-order valence-electron chi connectivity index (χ1n) is 13.3. The van der Waals surface area contributed by atoms with Crippen LogP contribution in [0.1, 0.15) is 33.8 Å². The van der Waals surface area contributed by atoms with Crippen molar-refractivity contribution in [2.24, 2.45) is 13.0 Å². The summed E-state index contributed by atoms with van der Waals surface area (Å²) in [5.41, 5.74) is 5.57. The smallest absolute Gasteiger partial charge is 0.255 e. The first-order chi connectivity index (χ1) is 19.9. The predicted molar refractivity (Wildman–Crippen MR) is 167 cm³/mol. The second kappa shape index (κ2) is 11.4. The van der Waals surface area contributed by atoms with E-state index in [1.165, 1.54) is 5.56 Å². The molecule has 0 bridgehead atoms. The van der Waals surface area contributed by atoms with Crippen molar-refractivity contribution in [2.45, 2.75) is 18.9 Å². The summed E-state index contributed by atoms with van der Waals surface area (Å²) in [4.78, 5) is 30.3. The molecular weight excluding hydrogens is 602 g/mol. The van der Waals surface area contributed by atoms with Gasteiger partial charge in [-0.2, -0.15) is 0 Å². The average Bonchev–Trinajstić information content (AvgIpc) is 3.73. The van der Waals surface area contributed by atoms with Crippen LogP contribution in [0.2, 0.25) is 5.02 Å². The summed E-state index contributed by atoms with van der Waals surface area (Å²) in [5, 5.41) is 9.83. The molecule has 0 radical (unpaired) electrons. The van der Waals surface area contributed by atoms with Crippen LogP contribution >= 0.6 is 27.5 Å². The fourth-order valence-electron chi connectivity index (χ4n) is 4.96. The van der Waals surface area contributed by atoms with Crippen molar-refractivity contribution in [3.05, 3.63) is 117 Å². The zero-order valence-corrected chi connectivity index (χ0v) is 24.5. The number of carbonyl (C=O) groups excluding carboxylic acids is 2. The van der Waals surface area contributed by atoms with E-state index in [1.807, 2.05) is 78.3 Å². The third-order valence-electron chi connectivity index (χ3n) is 7.34. The molecule has 9 heteroatoms. The van der Waals surface area contributed by atoms with E-state index in [-0.39, 0.29) is 17.7 Å². The van der Waals surface area contributed by atoms with Crippen LogP contribution in [-0.4, -0.2) is 21.4 Å². The maximum atomic E-state index is 12.8. The lowest BCUT2D eigenvalue weighted by Gasteiger charge is -2.11. The number of aromatic nitrogens is 2. The highest BCUT2D eigenvalue weighted by atomic mass is 79.9. The molecule has 1 fully saturated rings. The molecule has 7 nitrogen and oxygen atoms in total. The number of halogens is 2. The lowest BCUT2D eigenvalue weighted by Crippen LogP contribution is -2.24. The highest BCUT2D eigenvalue weighted by Crippen LogP contribution is 2.47. The molecule has 41 heavy (non-hydrogen) atoms. The van der Waals surface area contributed by atoms with E-state index in [0.29, 0.717) is 45.9 Å². The Morgan fingerprint density at radius 2 is 1.78 bits per heavy atom.